The molecule has 0 aromatic carbocycles. The minimum Gasteiger partial charge on any atom is -0.349 e. The highest BCUT2D eigenvalue weighted by Crippen LogP contribution is 2.37. The SMILES string of the molecule is CCC1(Nc2nccc(C)n2)CCC1. The van der Waals surface area contributed by atoms with Crippen molar-refractivity contribution in [3.63, 3.8) is 0 Å². The highest BCUT2D eigenvalue weighted by atomic mass is 15.1. The van der Waals surface area contributed by atoms with Gasteiger partial charge < -0.3 is 5.32 Å². The van der Waals surface area contributed by atoms with Crippen LogP contribution in [-0.2, 0) is 0 Å². The van der Waals surface area contributed by atoms with Crippen LogP contribution in [0.15, 0.2) is 12.3 Å². The maximum Gasteiger partial charge on any atom is 0.223 e. The number of nitrogens with zero attached hydrogens (tertiary/aromatic N) is 2. The maximum atomic E-state index is 4.37. The van der Waals surface area contributed by atoms with Gasteiger partial charge in [0.25, 0.3) is 0 Å². The first-order valence-corrected chi connectivity index (χ1v) is 5.32. The zero-order valence-corrected chi connectivity index (χ0v) is 8.88. The van der Waals surface area contributed by atoms with Crippen molar-refractivity contribution in [2.45, 2.75) is 45.1 Å². The lowest BCUT2D eigenvalue weighted by molar-refractivity contribution is 0.268. The van der Waals surface area contributed by atoms with Crippen LogP contribution in [0.1, 0.15) is 38.3 Å². The number of anilines is 1. The normalized spacial score (nSPS) is 18.7. The quantitative estimate of drug-likeness (QED) is 0.797. The highest BCUT2D eigenvalue weighted by molar-refractivity contribution is 5.31. The van der Waals surface area contributed by atoms with Crippen LogP contribution < -0.4 is 5.32 Å². The van der Waals surface area contributed by atoms with Crippen molar-refractivity contribution in [3.05, 3.63) is 18.0 Å². The molecule has 3 nitrogen and oxygen atoms in total. The summed E-state index contributed by atoms with van der Waals surface area (Å²) in [6.45, 7) is 4.22. The Kier molecular flexibility index (Phi) is 2.40. The lowest BCUT2D eigenvalue weighted by atomic mass is 9.75. The number of hydrogen-bond donors (Lipinski definition) is 1. The van der Waals surface area contributed by atoms with Crippen molar-refractivity contribution >= 4 is 5.95 Å². The smallest absolute Gasteiger partial charge is 0.223 e. The summed E-state index contributed by atoms with van der Waals surface area (Å²) in [7, 11) is 0. The van der Waals surface area contributed by atoms with Gasteiger partial charge in [0.2, 0.25) is 5.95 Å². The number of aromatic nitrogens is 2. The van der Waals surface area contributed by atoms with Crippen molar-refractivity contribution in [1.29, 1.82) is 0 Å². The first-order valence-electron chi connectivity index (χ1n) is 5.32. The van der Waals surface area contributed by atoms with Crippen molar-refractivity contribution in [3.8, 4) is 0 Å². The average molecular weight is 191 g/mol. The van der Waals surface area contributed by atoms with Gasteiger partial charge in [-0.3, -0.25) is 0 Å². The van der Waals surface area contributed by atoms with Crippen LogP contribution in [0.2, 0.25) is 0 Å². The molecule has 0 unspecified atom stereocenters. The third-order valence-corrected chi connectivity index (χ3v) is 3.16. The van der Waals surface area contributed by atoms with Crippen molar-refractivity contribution in [2.75, 3.05) is 5.32 Å². The van der Waals surface area contributed by atoms with Gasteiger partial charge in [-0.15, -0.1) is 0 Å². The second-order valence-electron chi connectivity index (χ2n) is 4.13. The van der Waals surface area contributed by atoms with Gasteiger partial charge in [-0.1, -0.05) is 6.92 Å². The third-order valence-electron chi connectivity index (χ3n) is 3.16. The molecule has 3 heteroatoms. The van der Waals surface area contributed by atoms with Crippen LogP contribution in [-0.4, -0.2) is 15.5 Å². The van der Waals surface area contributed by atoms with E-state index in [0.717, 1.165) is 18.1 Å². The summed E-state index contributed by atoms with van der Waals surface area (Å²) in [5, 5.41) is 3.46. The second-order valence-corrected chi connectivity index (χ2v) is 4.13. The van der Waals surface area contributed by atoms with Gasteiger partial charge in [0.05, 0.1) is 0 Å². The van der Waals surface area contributed by atoms with E-state index >= 15 is 0 Å². The summed E-state index contributed by atoms with van der Waals surface area (Å²) in [4.78, 5) is 8.60. The molecule has 0 aliphatic heterocycles. The number of hydrogen-bond acceptors (Lipinski definition) is 3. The first-order chi connectivity index (χ1) is 6.74. The van der Waals surface area contributed by atoms with E-state index in [4.69, 9.17) is 0 Å². The molecular formula is C11H17N3. The van der Waals surface area contributed by atoms with Crippen LogP contribution in [0.25, 0.3) is 0 Å². The van der Waals surface area contributed by atoms with E-state index in [1.165, 1.54) is 19.3 Å². The summed E-state index contributed by atoms with van der Waals surface area (Å²) < 4.78 is 0. The van der Waals surface area contributed by atoms with Gasteiger partial charge in [-0.2, -0.15) is 0 Å². The van der Waals surface area contributed by atoms with E-state index in [9.17, 15) is 0 Å². The van der Waals surface area contributed by atoms with E-state index in [2.05, 4.69) is 22.2 Å². The fraction of sp³-hybridized carbons (Fsp3) is 0.636. The standard InChI is InChI=1S/C11H17N3/c1-3-11(6-4-7-11)14-10-12-8-5-9(2)13-10/h5,8H,3-4,6-7H2,1-2H3,(H,12,13,14). The first kappa shape index (κ1) is 9.44. The van der Waals surface area contributed by atoms with Gasteiger partial charge in [0, 0.05) is 17.4 Å². The van der Waals surface area contributed by atoms with Crippen LogP contribution >= 0.6 is 0 Å². The Labute approximate surface area is 85.0 Å². The maximum absolute atomic E-state index is 4.37. The van der Waals surface area contributed by atoms with Gasteiger partial charge in [-0.25, -0.2) is 9.97 Å². The molecule has 1 fully saturated rings. The lowest BCUT2D eigenvalue weighted by Gasteiger charge is -2.42. The zero-order chi connectivity index (χ0) is 10.0. The summed E-state index contributed by atoms with van der Waals surface area (Å²) >= 11 is 0. The fourth-order valence-electron chi connectivity index (χ4n) is 1.92. The van der Waals surface area contributed by atoms with E-state index in [1.807, 2.05) is 19.2 Å². The molecule has 1 aromatic heterocycles. The Morgan fingerprint density at radius 1 is 1.50 bits per heavy atom. The number of aryl methyl sites for hydroxylation is 1. The summed E-state index contributed by atoms with van der Waals surface area (Å²) in [5.74, 6) is 0.784. The van der Waals surface area contributed by atoms with Gasteiger partial charge >= 0.3 is 0 Å². The zero-order valence-electron chi connectivity index (χ0n) is 8.88. The molecule has 76 valence electrons. The number of rotatable bonds is 3. The minimum atomic E-state index is 0.286. The van der Waals surface area contributed by atoms with Crippen LogP contribution in [0, 0.1) is 6.92 Å². The third kappa shape index (κ3) is 1.72. The van der Waals surface area contributed by atoms with E-state index in [-0.39, 0.29) is 5.54 Å². The Morgan fingerprint density at radius 3 is 2.79 bits per heavy atom. The molecule has 2 rings (SSSR count). The van der Waals surface area contributed by atoms with E-state index < -0.39 is 0 Å². The molecule has 0 amide bonds. The highest BCUT2D eigenvalue weighted by Gasteiger charge is 2.35. The Bertz CT molecular complexity index is 313. The summed E-state index contributed by atoms with van der Waals surface area (Å²) in [5.41, 5.74) is 1.31. The molecule has 0 atom stereocenters. The monoisotopic (exact) mass is 191 g/mol. The molecule has 0 spiro atoms. The molecule has 1 aromatic rings. The van der Waals surface area contributed by atoms with Crippen LogP contribution in [0.4, 0.5) is 5.95 Å². The molecule has 1 aliphatic rings. The predicted octanol–water partition coefficient (Wildman–Crippen LogP) is 2.53. The molecule has 1 saturated carbocycles. The van der Waals surface area contributed by atoms with Crippen LogP contribution in [0.5, 0.6) is 0 Å². The Morgan fingerprint density at radius 2 is 2.29 bits per heavy atom. The van der Waals surface area contributed by atoms with Gasteiger partial charge in [-0.05, 0) is 38.7 Å². The molecule has 0 radical (unpaired) electrons. The van der Waals surface area contributed by atoms with Crippen molar-refractivity contribution in [2.24, 2.45) is 0 Å². The molecule has 14 heavy (non-hydrogen) atoms. The topological polar surface area (TPSA) is 37.8 Å². The molecule has 1 aliphatic carbocycles. The molecule has 1 heterocycles. The molecule has 0 bridgehead atoms. The van der Waals surface area contributed by atoms with Crippen molar-refractivity contribution < 1.29 is 0 Å². The van der Waals surface area contributed by atoms with Crippen LogP contribution in [0.3, 0.4) is 0 Å². The molecule has 0 saturated heterocycles. The second kappa shape index (κ2) is 3.56. The minimum absolute atomic E-state index is 0.286. The fourth-order valence-corrected chi connectivity index (χ4v) is 1.92. The summed E-state index contributed by atoms with van der Waals surface area (Å²) in [6, 6.07) is 1.92. The lowest BCUT2D eigenvalue weighted by Crippen LogP contribution is -2.44. The molecule has 1 N–H and O–H groups in total. The predicted molar refractivity (Wildman–Crippen MR) is 57.3 cm³/mol. The van der Waals surface area contributed by atoms with E-state index in [0.29, 0.717) is 0 Å². The van der Waals surface area contributed by atoms with Crippen molar-refractivity contribution in [1.82, 2.24) is 9.97 Å². The Hall–Kier alpha value is -1.12. The van der Waals surface area contributed by atoms with Gasteiger partial charge in [0.1, 0.15) is 0 Å². The molecular weight excluding hydrogens is 174 g/mol. The largest absolute Gasteiger partial charge is 0.349 e. The summed E-state index contributed by atoms with van der Waals surface area (Å²) in [6.07, 6.45) is 6.80. The Balaban J connectivity index is 2.09. The van der Waals surface area contributed by atoms with E-state index in [1.54, 1.807) is 0 Å². The average Bonchev–Trinajstić information content (AvgIpc) is 2.11. The number of nitrogens with one attached hydrogen (secondary N) is 1. The van der Waals surface area contributed by atoms with Gasteiger partial charge in [0.15, 0.2) is 0 Å².